The van der Waals surface area contributed by atoms with E-state index in [-0.39, 0.29) is 0 Å². The average molecular weight is 394 g/mol. The van der Waals surface area contributed by atoms with Gasteiger partial charge in [-0.25, -0.2) is 4.79 Å². The fourth-order valence-electron chi connectivity index (χ4n) is 2.42. The predicted molar refractivity (Wildman–Crippen MR) is 109 cm³/mol. The normalized spacial score (nSPS) is 11.4. The summed E-state index contributed by atoms with van der Waals surface area (Å²) in [5.74, 6) is -0.0461. The van der Waals surface area contributed by atoms with E-state index in [1.807, 2.05) is 13.0 Å². The molecule has 0 saturated heterocycles. The van der Waals surface area contributed by atoms with Gasteiger partial charge in [0.2, 0.25) is 0 Å². The van der Waals surface area contributed by atoms with Crippen molar-refractivity contribution in [1.82, 2.24) is 0 Å². The monoisotopic (exact) mass is 394 g/mol. The van der Waals surface area contributed by atoms with Crippen LogP contribution in [0.2, 0.25) is 0 Å². The minimum absolute atomic E-state index is 0.323. The number of hydrogen-bond donors (Lipinski definition) is 1. The van der Waals surface area contributed by atoms with Crippen LogP contribution < -0.4 is 14.8 Å². The molecule has 0 spiro atoms. The molecular formula is C22H22N2O5. The lowest BCUT2D eigenvalue weighted by molar-refractivity contribution is -0.148. The largest absolute Gasteiger partial charge is 0.493 e. The zero-order valence-corrected chi connectivity index (χ0v) is 16.5. The molecule has 150 valence electrons. The van der Waals surface area contributed by atoms with Gasteiger partial charge in [-0.1, -0.05) is 18.2 Å². The van der Waals surface area contributed by atoms with Gasteiger partial charge in [0, 0.05) is 6.08 Å². The number of hydrogen-bond acceptors (Lipinski definition) is 6. The van der Waals surface area contributed by atoms with Gasteiger partial charge in [-0.2, -0.15) is 5.26 Å². The Hall–Kier alpha value is -3.79. The number of rotatable bonds is 8. The summed E-state index contributed by atoms with van der Waals surface area (Å²) >= 11 is 0. The van der Waals surface area contributed by atoms with Crippen LogP contribution in [0.5, 0.6) is 11.5 Å². The number of nitriles is 1. The summed E-state index contributed by atoms with van der Waals surface area (Å²) in [6.07, 6.45) is 1.74. The first-order valence-corrected chi connectivity index (χ1v) is 8.98. The minimum atomic E-state index is -1.03. The second kappa shape index (κ2) is 10.5. The molecule has 2 aromatic rings. The number of amides is 1. The Bertz CT molecular complexity index is 946. The molecule has 1 N–H and O–H groups in total. The molecule has 2 rings (SSSR count). The summed E-state index contributed by atoms with van der Waals surface area (Å²) in [6, 6.07) is 13.8. The van der Waals surface area contributed by atoms with Gasteiger partial charge in [-0.05, 0) is 49.8 Å². The van der Waals surface area contributed by atoms with Crippen LogP contribution in [0.1, 0.15) is 25.0 Å². The molecule has 0 aliphatic heterocycles. The predicted octanol–water partition coefficient (Wildman–Crippen LogP) is 3.55. The number of carbonyl (C=O) groups excluding carboxylic acids is 2. The Balaban J connectivity index is 1.97. The molecule has 0 aliphatic carbocycles. The van der Waals surface area contributed by atoms with Gasteiger partial charge in [0.15, 0.2) is 17.6 Å². The summed E-state index contributed by atoms with van der Waals surface area (Å²) in [7, 11) is 1.53. The summed E-state index contributed by atoms with van der Waals surface area (Å²) in [4.78, 5) is 24.3. The molecule has 7 heteroatoms. The molecule has 0 radical (unpaired) electrons. The first kappa shape index (κ1) is 21.5. The van der Waals surface area contributed by atoms with Crippen LogP contribution in [0.25, 0.3) is 6.08 Å². The number of nitrogens with one attached hydrogen (secondary N) is 1. The molecule has 0 fully saturated rings. The average Bonchev–Trinajstić information content (AvgIpc) is 2.73. The van der Waals surface area contributed by atoms with Crippen molar-refractivity contribution in [3.63, 3.8) is 0 Å². The number of benzene rings is 2. The molecule has 0 bridgehead atoms. The highest BCUT2D eigenvalue weighted by Crippen LogP contribution is 2.28. The van der Waals surface area contributed by atoms with E-state index in [0.29, 0.717) is 34.9 Å². The maximum Gasteiger partial charge on any atom is 0.331 e. The molecule has 7 nitrogen and oxygen atoms in total. The van der Waals surface area contributed by atoms with Crippen LogP contribution in [0.4, 0.5) is 5.69 Å². The molecule has 0 saturated carbocycles. The van der Waals surface area contributed by atoms with E-state index in [0.717, 1.165) is 0 Å². The Morgan fingerprint density at radius 3 is 2.66 bits per heavy atom. The number of ether oxygens (including phenoxy) is 3. The highest BCUT2D eigenvalue weighted by Gasteiger charge is 2.17. The molecule has 29 heavy (non-hydrogen) atoms. The van der Waals surface area contributed by atoms with Crippen molar-refractivity contribution >= 4 is 23.6 Å². The molecule has 1 amide bonds. The molecule has 0 aromatic heterocycles. The van der Waals surface area contributed by atoms with Crippen LogP contribution in [0.15, 0.2) is 48.5 Å². The minimum Gasteiger partial charge on any atom is -0.493 e. The van der Waals surface area contributed by atoms with Crippen LogP contribution in [-0.4, -0.2) is 31.7 Å². The van der Waals surface area contributed by atoms with Crippen LogP contribution in [0.3, 0.4) is 0 Å². The first-order valence-electron chi connectivity index (χ1n) is 8.98. The van der Waals surface area contributed by atoms with Gasteiger partial charge in [-0.3, -0.25) is 4.79 Å². The van der Waals surface area contributed by atoms with E-state index in [4.69, 9.17) is 19.5 Å². The van der Waals surface area contributed by atoms with Crippen molar-refractivity contribution in [3.05, 3.63) is 59.7 Å². The van der Waals surface area contributed by atoms with Crippen molar-refractivity contribution in [2.45, 2.75) is 20.0 Å². The number of anilines is 1. The highest BCUT2D eigenvalue weighted by molar-refractivity contribution is 5.97. The van der Waals surface area contributed by atoms with Gasteiger partial charge in [0.25, 0.3) is 5.91 Å². The number of para-hydroxylation sites is 1. The third-order valence-electron chi connectivity index (χ3n) is 3.87. The van der Waals surface area contributed by atoms with Crippen molar-refractivity contribution in [2.75, 3.05) is 19.0 Å². The van der Waals surface area contributed by atoms with Gasteiger partial charge in [0.1, 0.15) is 6.07 Å². The fraction of sp³-hybridized carbons (Fsp3) is 0.227. The molecule has 0 heterocycles. The molecule has 2 aromatic carbocycles. The Morgan fingerprint density at radius 1 is 1.21 bits per heavy atom. The Kier molecular flexibility index (Phi) is 7.80. The van der Waals surface area contributed by atoms with Crippen LogP contribution in [-0.2, 0) is 14.3 Å². The van der Waals surface area contributed by atoms with E-state index in [9.17, 15) is 9.59 Å². The number of esters is 1. The van der Waals surface area contributed by atoms with E-state index in [1.54, 1.807) is 48.5 Å². The van der Waals surface area contributed by atoms with Crippen LogP contribution >= 0.6 is 0 Å². The molecule has 1 atom stereocenters. The topological polar surface area (TPSA) is 97.6 Å². The standard InChI is InChI=1S/C22H22N2O5/c1-4-28-19-11-9-16(13-20(19)27-3)10-12-21(25)29-15(2)22(26)24-18-8-6-5-7-17(18)14-23/h5-13,15H,4H2,1-3H3,(H,24,26)/b12-10+/t15-/m1/s1. The van der Waals surface area contributed by atoms with Gasteiger partial charge in [0.05, 0.1) is 25.0 Å². The maximum absolute atomic E-state index is 12.2. The third-order valence-corrected chi connectivity index (χ3v) is 3.87. The third kappa shape index (κ3) is 6.11. The lowest BCUT2D eigenvalue weighted by Crippen LogP contribution is -2.29. The quantitative estimate of drug-likeness (QED) is 0.543. The Morgan fingerprint density at radius 2 is 1.97 bits per heavy atom. The van der Waals surface area contributed by atoms with Crippen molar-refractivity contribution in [2.24, 2.45) is 0 Å². The fourth-order valence-corrected chi connectivity index (χ4v) is 2.42. The molecular weight excluding hydrogens is 372 g/mol. The lowest BCUT2D eigenvalue weighted by Gasteiger charge is -2.13. The van der Waals surface area contributed by atoms with Gasteiger partial charge in [-0.15, -0.1) is 0 Å². The zero-order valence-electron chi connectivity index (χ0n) is 16.5. The van der Waals surface area contributed by atoms with Gasteiger partial charge >= 0.3 is 5.97 Å². The number of nitrogens with zero attached hydrogens (tertiary/aromatic N) is 1. The Labute approximate surface area is 169 Å². The summed E-state index contributed by atoms with van der Waals surface area (Å²) in [6.45, 7) is 3.84. The molecule has 0 unspecified atom stereocenters. The second-order valence-electron chi connectivity index (χ2n) is 5.90. The summed E-state index contributed by atoms with van der Waals surface area (Å²) in [5, 5.41) is 11.6. The molecule has 0 aliphatic rings. The van der Waals surface area contributed by atoms with Crippen LogP contribution in [0, 0.1) is 11.3 Å². The summed E-state index contributed by atoms with van der Waals surface area (Å²) < 4.78 is 15.8. The second-order valence-corrected chi connectivity index (χ2v) is 5.90. The number of methoxy groups -OCH3 is 1. The van der Waals surface area contributed by atoms with Crippen molar-refractivity contribution in [1.29, 1.82) is 5.26 Å². The maximum atomic E-state index is 12.2. The smallest absolute Gasteiger partial charge is 0.331 e. The highest BCUT2D eigenvalue weighted by atomic mass is 16.5. The lowest BCUT2D eigenvalue weighted by atomic mass is 10.2. The number of carbonyl (C=O) groups is 2. The summed E-state index contributed by atoms with van der Waals surface area (Å²) in [5.41, 5.74) is 1.39. The van der Waals surface area contributed by atoms with E-state index in [1.165, 1.54) is 20.1 Å². The van der Waals surface area contributed by atoms with Crippen molar-refractivity contribution < 1.29 is 23.8 Å². The van der Waals surface area contributed by atoms with Crippen molar-refractivity contribution in [3.8, 4) is 17.6 Å². The van der Waals surface area contributed by atoms with E-state index < -0.39 is 18.0 Å². The van der Waals surface area contributed by atoms with Gasteiger partial charge < -0.3 is 19.5 Å². The first-order chi connectivity index (χ1) is 14.0. The van der Waals surface area contributed by atoms with E-state index >= 15 is 0 Å². The van der Waals surface area contributed by atoms with E-state index in [2.05, 4.69) is 5.32 Å². The SMILES string of the molecule is CCOc1ccc(/C=C/C(=O)O[C@H](C)C(=O)Nc2ccccc2C#N)cc1OC. The zero-order chi connectivity index (χ0) is 21.2.